The van der Waals surface area contributed by atoms with Crippen LogP contribution in [0.4, 0.5) is 0 Å². The molecule has 57 heavy (non-hydrogen) atoms. The molecule has 0 aliphatic heterocycles. The summed E-state index contributed by atoms with van der Waals surface area (Å²) in [6.45, 7) is 0. The average molecular weight is 761 g/mol. The summed E-state index contributed by atoms with van der Waals surface area (Å²) in [5.41, 5.74) is 12.3. The van der Waals surface area contributed by atoms with E-state index in [0.29, 0.717) is 0 Å². The van der Waals surface area contributed by atoms with Crippen LogP contribution in [0.15, 0.2) is 194 Å². The minimum atomic E-state index is 0.942. The molecular formula is C53H32N2S2. The van der Waals surface area contributed by atoms with Gasteiger partial charge in [0.2, 0.25) is 0 Å². The first-order chi connectivity index (χ1) is 28.2. The van der Waals surface area contributed by atoms with Crippen LogP contribution in [-0.4, -0.2) is 9.55 Å². The van der Waals surface area contributed by atoms with Crippen molar-refractivity contribution in [3.8, 4) is 50.5 Å². The zero-order chi connectivity index (χ0) is 37.5. The standard InChI is InChI=1S/C53H32N2S2/c1-2-12-33(13-3-1)34-14-10-15-35(28-34)38-31-45(54-46(32-38)37-24-27-51-44(30-37)41-19-6-8-22-49(41)56-51)36-16-11-17-39(29-36)55-47-21-7-4-20-43(47)52-48(55)26-25-42-40-18-5-9-23-50(40)57-53(42)52/h1-32H. The van der Waals surface area contributed by atoms with Gasteiger partial charge in [-0.3, -0.25) is 0 Å². The van der Waals surface area contributed by atoms with Gasteiger partial charge in [-0.05, 0) is 89.0 Å². The molecule has 4 heterocycles. The average Bonchev–Trinajstić information content (AvgIpc) is 3.96. The molecular weight excluding hydrogens is 729 g/mol. The van der Waals surface area contributed by atoms with E-state index in [1.165, 1.54) is 73.3 Å². The Bertz CT molecular complexity index is 3530. The molecule has 0 fully saturated rings. The summed E-state index contributed by atoms with van der Waals surface area (Å²) in [5, 5.41) is 7.78. The highest BCUT2D eigenvalue weighted by Gasteiger charge is 2.18. The fourth-order valence-corrected chi connectivity index (χ4v) is 11.1. The van der Waals surface area contributed by atoms with Crippen molar-refractivity contribution in [1.82, 2.24) is 9.55 Å². The summed E-state index contributed by atoms with van der Waals surface area (Å²) in [7, 11) is 0. The highest BCUT2D eigenvalue weighted by atomic mass is 32.1. The highest BCUT2D eigenvalue weighted by Crippen LogP contribution is 2.44. The number of para-hydroxylation sites is 1. The van der Waals surface area contributed by atoms with Gasteiger partial charge in [0.15, 0.2) is 0 Å². The summed E-state index contributed by atoms with van der Waals surface area (Å²) < 4.78 is 7.69. The van der Waals surface area contributed by atoms with E-state index in [1.54, 1.807) is 0 Å². The first kappa shape index (κ1) is 32.4. The van der Waals surface area contributed by atoms with E-state index >= 15 is 0 Å². The summed E-state index contributed by atoms with van der Waals surface area (Å²) >= 11 is 3.74. The van der Waals surface area contributed by atoms with Crippen LogP contribution >= 0.6 is 22.7 Å². The minimum absolute atomic E-state index is 0.942. The molecule has 12 rings (SSSR count). The zero-order valence-corrected chi connectivity index (χ0v) is 32.3. The fraction of sp³-hybridized carbons (Fsp3) is 0. The predicted octanol–water partition coefficient (Wildman–Crippen LogP) is 15.6. The molecule has 0 saturated heterocycles. The maximum Gasteiger partial charge on any atom is 0.0716 e. The van der Waals surface area contributed by atoms with E-state index in [2.05, 4.69) is 199 Å². The molecule has 4 heteroatoms. The van der Waals surface area contributed by atoms with Crippen LogP contribution in [0.25, 0.3) is 113 Å². The van der Waals surface area contributed by atoms with Crippen molar-refractivity contribution in [2.24, 2.45) is 0 Å². The van der Waals surface area contributed by atoms with Gasteiger partial charge in [0, 0.05) is 67.9 Å². The Balaban J connectivity index is 1.06. The zero-order valence-electron chi connectivity index (χ0n) is 30.7. The third-order valence-electron chi connectivity index (χ3n) is 11.4. The summed E-state index contributed by atoms with van der Waals surface area (Å²) in [6.07, 6.45) is 0. The maximum atomic E-state index is 5.46. The van der Waals surface area contributed by atoms with Crippen molar-refractivity contribution in [1.29, 1.82) is 0 Å². The Morgan fingerprint density at radius 3 is 1.77 bits per heavy atom. The van der Waals surface area contributed by atoms with Crippen molar-refractivity contribution in [2.45, 2.75) is 0 Å². The summed E-state index contributed by atoms with van der Waals surface area (Å²) in [6, 6.07) is 70.7. The second-order valence-corrected chi connectivity index (χ2v) is 16.9. The molecule has 2 nitrogen and oxygen atoms in total. The van der Waals surface area contributed by atoms with E-state index in [0.717, 1.165) is 39.3 Å². The molecule has 0 N–H and O–H groups in total. The SMILES string of the molecule is c1ccc(-c2cccc(-c3cc(-c4cccc(-n5c6ccccc6c6c7sc8ccccc8c7ccc65)c4)nc(-c4ccc5sc6ccccc6c5c4)c3)c2)cc1. The number of pyridine rings is 1. The number of fused-ring (bicyclic) bond motifs is 10. The van der Waals surface area contributed by atoms with Crippen LogP contribution < -0.4 is 0 Å². The van der Waals surface area contributed by atoms with E-state index in [9.17, 15) is 0 Å². The van der Waals surface area contributed by atoms with Gasteiger partial charge in [0.25, 0.3) is 0 Å². The second kappa shape index (κ2) is 12.9. The number of benzene rings is 8. The number of nitrogens with zero attached hydrogens (tertiary/aromatic N) is 2. The van der Waals surface area contributed by atoms with Crippen molar-refractivity contribution in [2.75, 3.05) is 0 Å². The largest absolute Gasteiger partial charge is 0.309 e. The molecule has 0 spiro atoms. The Hall–Kier alpha value is -6.85. The molecule has 0 aliphatic carbocycles. The normalized spacial score (nSPS) is 11.9. The third kappa shape index (κ3) is 5.26. The van der Waals surface area contributed by atoms with Crippen LogP contribution in [0.3, 0.4) is 0 Å². The van der Waals surface area contributed by atoms with Crippen LogP contribution in [-0.2, 0) is 0 Å². The minimum Gasteiger partial charge on any atom is -0.309 e. The predicted molar refractivity (Wildman–Crippen MR) is 246 cm³/mol. The van der Waals surface area contributed by atoms with E-state index in [4.69, 9.17) is 4.98 Å². The van der Waals surface area contributed by atoms with Crippen molar-refractivity contribution in [3.63, 3.8) is 0 Å². The summed E-state index contributed by atoms with van der Waals surface area (Å²) in [5.74, 6) is 0. The molecule has 8 aromatic carbocycles. The lowest BCUT2D eigenvalue weighted by Gasteiger charge is -2.13. The fourth-order valence-electron chi connectivity index (χ4n) is 8.70. The number of thiophene rings is 2. The number of hydrogen-bond donors (Lipinski definition) is 0. The lowest BCUT2D eigenvalue weighted by Crippen LogP contribution is -1.96. The Labute approximate surface area is 337 Å². The molecule has 4 aromatic heterocycles. The Morgan fingerprint density at radius 1 is 0.333 bits per heavy atom. The van der Waals surface area contributed by atoms with Crippen molar-refractivity contribution >= 4 is 84.8 Å². The van der Waals surface area contributed by atoms with Gasteiger partial charge in [-0.1, -0.05) is 127 Å². The molecule has 0 saturated carbocycles. The lowest BCUT2D eigenvalue weighted by molar-refractivity contribution is 1.18. The summed E-state index contributed by atoms with van der Waals surface area (Å²) in [4.78, 5) is 5.46. The van der Waals surface area contributed by atoms with E-state index in [1.807, 2.05) is 22.7 Å². The number of aromatic nitrogens is 2. The van der Waals surface area contributed by atoms with Crippen molar-refractivity contribution in [3.05, 3.63) is 194 Å². The van der Waals surface area contributed by atoms with Gasteiger partial charge >= 0.3 is 0 Å². The Morgan fingerprint density at radius 2 is 0.947 bits per heavy atom. The van der Waals surface area contributed by atoms with Gasteiger partial charge in [0.05, 0.1) is 22.4 Å². The third-order valence-corrected chi connectivity index (χ3v) is 13.7. The van der Waals surface area contributed by atoms with Crippen molar-refractivity contribution < 1.29 is 0 Å². The molecule has 12 aromatic rings. The van der Waals surface area contributed by atoms with Gasteiger partial charge in [-0.25, -0.2) is 4.98 Å². The number of rotatable bonds is 5. The topological polar surface area (TPSA) is 17.8 Å². The monoisotopic (exact) mass is 760 g/mol. The second-order valence-electron chi connectivity index (χ2n) is 14.7. The molecule has 0 aliphatic rings. The first-order valence-electron chi connectivity index (χ1n) is 19.3. The van der Waals surface area contributed by atoms with Gasteiger partial charge in [-0.2, -0.15) is 0 Å². The van der Waals surface area contributed by atoms with Gasteiger partial charge < -0.3 is 4.57 Å². The lowest BCUT2D eigenvalue weighted by atomic mass is 9.96. The van der Waals surface area contributed by atoms with Crippen LogP contribution in [0, 0.1) is 0 Å². The van der Waals surface area contributed by atoms with E-state index in [-0.39, 0.29) is 0 Å². The smallest absolute Gasteiger partial charge is 0.0716 e. The Kier molecular flexibility index (Phi) is 7.31. The van der Waals surface area contributed by atoms with Crippen LogP contribution in [0.2, 0.25) is 0 Å². The van der Waals surface area contributed by atoms with Crippen LogP contribution in [0.5, 0.6) is 0 Å². The van der Waals surface area contributed by atoms with Gasteiger partial charge in [-0.15, -0.1) is 22.7 Å². The van der Waals surface area contributed by atoms with Gasteiger partial charge in [0.1, 0.15) is 0 Å². The molecule has 0 radical (unpaired) electrons. The van der Waals surface area contributed by atoms with E-state index < -0.39 is 0 Å². The number of hydrogen-bond acceptors (Lipinski definition) is 3. The highest BCUT2D eigenvalue weighted by molar-refractivity contribution is 7.27. The molecule has 266 valence electrons. The van der Waals surface area contributed by atoms with Crippen LogP contribution in [0.1, 0.15) is 0 Å². The molecule has 0 bridgehead atoms. The molecule has 0 unspecified atom stereocenters. The quantitative estimate of drug-likeness (QED) is 0.171. The first-order valence-corrected chi connectivity index (χ1v) is 20.9. The molecule has 0 atom stereocenters. The maximum absolute atomic E-state index is 5.46. The molecule has 0 amide bonds.